The zero-order valence-electron chi connectivity index (χ0n) is 17.4. The lowest BCUT2D eigenvalue weighted by molar-refractivity contribution is 0.0983. The smallest absolute Gasteiger partial charge is 0.263 e. The zero-order chi connectivity index (χ0) is 22.0. The van der Waals surface area contributed by atoms with Crippen molar-refractivity contribution in [2.45, 2.75) is 19.9 Å². The Bertz CT molecular complexity index is 1190. The maximum atomic E-state index is 13.6. The van der Waals surface area contributed by atoms with Crippen LogP contribution in [0.3, 0.4) is 0 Å². The number of methoxy groups -OCH3 is 1. The Morgan fingerprint density at radius 2 is 2.06 bits per heavy atom. The van der Waals surface area contributed by atoms with Gasteiger partial charge in [-0.05, 0) is 43.2 Å². The second kappa shape index (κ2) is 10.5. The highest BCUT2D eigenvalue weighted by Gasteiger charge is 2.25. The van der Waals surface area contributed by atoms with Crippen molar-refractivity contribution in [1.29, 1.82) is 0 Å². The molecule has 168 valence electrons. The minimum Gasteiger partial charge on any atom is -0.496 e. The summed E-state index contributed by atoms with van der Waals surface area (Å²) in [5.41, 5.74) is 2.20. The first kappa shape index (κ1) is 24.3. The first-order valence-corrected chi connectivity index (χ1v) is 11.2. The molecule has 0 aliphatic heterocycles. The van der Waals surface area contributed by atoms with Crippen LogP contribution in [0, 0.1) is 6.92 Å². The highest BCUT2D eigenvalue weighted by Crippen LogP contribution is 2.37. The molecule has 0 bridgehead atoms. The summed E-state index contributed by atoms with van der Waals surface area (Å²) in [6.07, 6.45) is 6.10. The van der Waals surface area contributed by atoms with Crippen LogP contribution in [0.15, 0.2) is 49.1 Å². The summed E-state index contributed by atoms with van der Waals surface area (Å²) >= 11 is 14.0. The largest absolute Gasteiger partial charge is 0.496 e. The summed E-state index contributed by atoms with van der Waals surface area (Å²) in [7, 11) is 1.53. The number of amides is 1. The molecule has 4 aromatic rings. The molecule has 0 saturated carbocycles. The second-order valence-corrected chi connectivity index (χ2v) is 8.82. The number of hydrogen-bond donors (Lipinski definition) is 0. The lowest BCUT2D eigenvalue weighted by atomic mass is 10.1. The summed E-state index contributed by atoms with van der Waals surface area (Å²) in [5, 5.41) is 1.67. The van der Waals surface area contributed by atoms with Crippen molar-refractivity contribution >= 4 is 68.2 Å². The monoisotopic (exact) mass is 510 g/mol. The predicted octanol–water partition coefficient (Wildman–Crippen LogP) is 6.28. The van der Waals surface area contributed by atoms with Crippen molar-refractivity contribution < 1.29 is 9.53 Å². The highest BCUT2D eigenvalue weighted by atomic mass is 35.5. The Labute approximate surface area is 206 Å². The number of aryl methyl sites for hydroxylation is 2. The summed E-state index contributed by atoms with van der Waals surface area (Å²) in [4.78, 5) is 24.1. The predicted molar refractivity (Wildman–Crippen MR) is 133 cm³/mol. The van der Waals surface area contributed by atoms with Crippen LogP contribution in [0.4, 0.5) is 5.13 Å². The van der Waals surface area contributed by atoms with Gasteiger partial charge in [-0.3, -0.25) is 9.69 Å². The number of aromatic nitrogens is 3. The third-order valence-corrected chi connectivity index (χ3v) is 6.68. The Morgan fingerprint density at radius 3 is 2.75 bits per heavy atom. The molecule has 0 N–H and O–H groups in total. The molecule has 2 aromatic heterocycles. The van der Waals surface area contributed by atoms with Crippen LogP contribution in [0.5, 0.6) is 5.75 Å². The third-order valence-electron chi connectivity index (χ3n) is 4.91. The topological polar surface area (TPSA) is 60.2 Å². The Hall–Kier alpha value is -2.32. The number of nitrogens with zero attached hydrogens (tertiary/aromatic N) is 4. The van der Waals surface area contributed by atoms with Crippen molar-refractivity contribution in [3.8, 4) is 5.75 Å². The summed E-state index contributed by atoms with van der Waals surface area (Å²) in [5.74, 6) is 0.238. The quantitative estimate of drug-likeness (QED) is 0.293. The van der Waals surface area contributed by atoms with Gasteiger partial charge in [0, 0.05) is 30.5 Å². The fourth-order valence-corrected chi connectivity index (χ4v) is 4.83. The average molecular weight is 512 g/mol. The van der Waals surface area contributed by atoms with Crippen LogP contribution in [0.1, 0.15) is 22.3 Å². The normalized spacial score (nSPS) is 10.8. The number of thiazole rings is 1. The zero-order valence-corrected chi connectivity index (χ0v) is 20.6. The number of anilines is 1. The Balaban J connectivity index is 0.00000289. The van der Waals surface area contributed by atoms with E-state index >= 15 is 0 Å². The number of carbonyl (C=O) groups excluding carboxylic acids is 1. The van der Waals surface area contributed by atoms with E-state index in [4.69, 9.17) is 32.9 Å². The number of benzene rings is 2. The highest BCUT2D eigenvalue weighted by molar-refractivity contribution is 7.23. The van der Waals surface area contributed by atoms with Crippen molar-refractivity contribution in [1.82, 2.24) is 14.5 Å². The van der Waals surface area contributed by atoms with Gasteiger partial charge in [-0.25, -0.2) is 9.97 Å². The van der Waals surface area contributed by atoms with Crippen molar-refractivity contribution in [2.24, 2.45) is 0 Å². The van der Waals surface area contributed by atoms with Crippen LogP contribution < -0.4 is 9.64 Å². The van der Waals surface area contributed by atoms with Gasteiger partial charge in [0.2, 0.25) is 0 Å². The van der Waals surface area contributed by atoms with E-state index in [0.29, 0.717) is 39.5 Å². The van der Waals surface area contributed by atoms with E-state index in [-0.39, 0.29) is 18.3 Å². The lowest BCUT2D eigenvalue weighted by Gasteiger charge is -2.21. The maximum absolute atomic E-state index is 13.6. The summed E-state index contributed by atoms with van der Waals surface area (Å²) in [6.45, 7) is 3.16. The van der Waals surface area contributed by atoms with Crippen molar-refractivity contribution in [3.63, 3.8) is 0 Å². The molecule has 32 heavy (non-hydrogen) atoms. The molecule has 1 amide bonds. The van der Waals surface area contributed by atoms with E-state index in [1.165, 1.54) is 18.4 Å². The fourth-order valence-electron chi connectivity index (χ4n) is 3.31. The van der Waals surface area contributed by atoms with Crippen LogP contribution in [-0.4, -0.2) is 34.1 Å². The van der Waals surface area contributed by atoms with E-state index in [9.17, 15) is 4.79 Å². The van der Waals surface area contributed by atoms with E-state index in [1.807, 2.05) is 29.8 Å². The van der Waals surface area contributed by atoms with Gasteiger partial charge < -0.3 is 9.30 Å². The summed E-state index contributed by atoms with van der Waals surface area (Å²) < 4.78 is 8.25. The van der Waals surface area contributed by atoms with Gasteiger partial charge >= 0.3 is 0 Å². The van der Waals surface area contributed by atoms with Gasteiger partial charge in [-0.2, -0.15) is 0 Å². The van der Waals surface area contributed by atoms with Crippen LogP contribution in [-0.2, 0) is 6.54 Å². The molecule has 0 fully saturated rings. The number of carbonyl (C=O) groups is 1. The molecule has 0 aliphatic carbocycles. The second-order valence-electron chi connectivity index (χ2n) is 6.99. The molecule has 0 radical (unpaired) electrons. The first-order valence-electron chi connectivity index (χ1n) is 9.64. The van der Waals surface area contributed by atoms with Gasteiger partial charge in [0.25, 0.3) is 5.91 Å². The van der Waals surface area contributed by atoms with Gasteiger partial charge in [-0.1, -0.05) is 40.6 Å². The number of imidazole rings is 1. The van der Waals surface area contributed by atoms with E-state index < -0.39 is 0 Å². The van der Waals surface area contributed by atoms with Crippen molar-refractivity contribution in [2.75, 3.05) is 18.6 Å². The number of rotatable bonds is 7. The molecule has 6 nitrogen and oxygen atoms in total. The fraction of sp³-hybridized carbons (Fsp3) is 0.227. The van der Waals surface area contributed by atoms with Crippen LogP contribution >= 0.6 is 46.9 Å². The molecule has 2 aromatic carbocycles. The van der Waals surface area contributed by atoms with Crippen LogP contribution in [0.25, 0.3) is 10.2 Å². The van der Waals surface area contributed by atoms with Crippen molar-refractivity contribution in [3.05, 3.63) is 70.2 Å². The average Bonchev–Trinajstić information content (AvgIpc) is 3.44. The molecule has 2 heterocycles. The number of halogens is 3. The molecule has 0 unspecified atom stereocenters. The number of fused-ring (bicyclic) bond motifs is 1. The van der Waals surface area contributed by atoms with E-state index in [1.54, 1.807) is 35.6 Å². The molecule has 0 saturated heterocycles. The van der Waals surface area contributed by atoms with Gasteiger partial charge in [0.05, 0.1) is 34.2 Å². The van der Waals surface area contributed by atoms with E-state index in [0.717, 1.165) is 22.3 Å². The van der Waals surface area contributed by atoms with Crippen LogP contribution in [0.2, 0.25) is 10.0 Å². The molecule has 4 rings (SSSR count). The minimum absolute atomic E-state index is 0. The molecule has 0 aliphatic rings. The molecule has 0 atom stereocenters. The Kier molecular flexibility index (Phi) is 8.00. The van der Waals surface area contributed by atoms with Gasteiger partial charge in [0.15, 0.2) is 5.13 Å². The number of ether oxygens (including phenoxy) is 1. The maximum Gasteiger partial charge on any atom is 0.263 e. The molecule has 0 spiro atoms. The molecule has 10 heteroatoms. The SMILES string of the molecule is COc1ccc(Cl)cc1C(=O)N(CCCn1ccnc1)c1nc2c(C)ccc(Cl)c2s1.Cl. The van der Waals surface area contributed by atoms with Gasteiger partial charge in [-0.15, -0.1) is 12.4 Å². The third kappa shape index (κ3) is 5.02. The molecular weight excluding hydrogens is 491 g/mol. The molecular formula is C22H21Cl3N4O2S. The van der Waals surface area contributed by atoms with E-state index in [2.05, 4.69) is 4.98 Å². The van der Waals surface area contributed by atoms with Gasteiger partial charge in [0.1, 0.15) is 5.75 Å². The summed E-state index contributed by atoms with van der Waals surface area (Å²) in [6, 6.07) is 8.79. The Morgan fingerprint density at radius 1 is 1.25 bits per heavy atom. The lowest BCUT2D eigenvalue weighted by Crippen LogP contribution is -2.32. The standard InChI is InChI=1S/C22H20Cl2N4O2S.ClH/c1-14-4-6-17(24)20-19(14)26-22(31-20)28(10-3-9-27-11-8-25-13-27)21(29)16-12-15(23)5-7-18(16)30-2;/h4-8,11-13H,3,9-10H2,1-2H3;1H. The first-order chi connectivity index (χ1) is 15.0. The minimum atomic E-state index is -0.224. The number of hydrogen-bond acceptors (Lipinski definition) is 5.